The normalized spacial score (nSPS) is 10.0. The van der Waals surface area contributed by atoms with Crippen LogP contribution < -0.4 is 5.32 Å². The lowest BCUT2D eigenvalue weighted by molar-refractivity contribution is -0.139. The van der Waals surface area contributed by atoms with Crippen molar-refractivity contribution in [1.82, 2.24) is 5.32 Å². The molecular weight excluding hydrogens is 204 g/mol. The maximum atomic E-state index is 11.4. The molecule has 0 saturated carbocycles. The molecule has 4 heteroatoms. The van der Waals surface area contributed by atoms with Gasteiger partial charge in [-0.25, -0.2) is 4.79 Å². The highest BCUT2D eigenvalue weighted by Gasteiger charge is 2.10. The third kappa shape index (κ3) is 7.21. The molecule has 0 bridgehead atoms. The van der Waals surface area contributed by atoms with Gasteiger partial charge in [-0.2, -0.15) is 0 Å². The largest absolute Gasteiger partial charge is 0.462 e. The third-order valence-electron chi connectivity index (χ3n) is 2.11. The molecule has 0 rings (SSSR count). The molecule has 0 aliphatic heterocycles. The Balaban J connectivity index is 3.81. The van der Waals surface area contributed by atoms with Crippen LogP contribution in [-0.4, -0.2) is 31.5 Å². The van der Waals surface area contributed by atoms with Gasteiger partial charge in [0.25, 0.3) is 0 Å². The standard InChI is InChI=1S/C12H22N2O2/c1-4-14-9-11(8-13)12(15)16-7-5-6-10(2)3/h10,13-14H,4-7,9H2,1-3H3. The van der Waals surface area contributed by atoms with Crippen LogP contribution in [0.2, 0.25) is 0 Å². The van der Waals surface area contributed by atoms with Gasteiger partial charge in [-0.3, -0.25) is 5.41 Å². The Bertz CT molecular complexity index is 256. The molecule has 2 N–H and O–H groups in total. The number of carbonyl (C=O) groups is 1. The van der Waals surface area contributed by atoms with Crippen molar-refractivity contribution >= 4 is 11.8 Å². The van der Waals surface area contributed by atoms with Crippen LogP contribution in [0.5, 0.6) is 0 Å². The van der Waals surface area contributed by atoms with Crippen LogP contribution in [0.25, 0.3) is 0 Å². The van der Waals surface area contributed by atoms with Crippen molar-refractivity contribution < 1.29 is 9.53 Å². The number of esters is 1. The average molecular weight is 226 g/mol. The number of carbonyl (C=O) groups excluding carboxylic acids is 1. The maximum Gasteiger partial charge on any atom is 0.344 e. The van der Waals surface area contributed by atoms with Crippen molar-refractivity contribution in [3.05, 3.63) is 5.57 Å². The number of nitrogens with one attached hydrogen (secondary N) is 2. The Labute approximate surface area is 97.6 Å². The molecule has 0 fully saturated rings. The van der Waals surface area contributed by atoms with Crippen molar-refractivity contribution in [2.45, 2.75) is 33.6 Å². The van der Waals surface area contributed by atoms with E-state index in [4.69, 9.17) is 10.1 Å². The molecule has 0 aromatic heterocycles. The topological polar surface area (TPSA) is 62.2 Å². The van der Waals surface area contributed by atoms with Gasteiger partial charge in [-0.15, -0.1) is 0 Å². The number of ether oxygens (including phenoxy) is 1. The zero-order valence-corrected chi connectivity index (χ0v) is 10.4. The van der Waals surface area contributed by atoms with Gasteiger partial charge in [-0.1, -0.05) is 20.8 Å². The first kappa shape index (κ1) is 14.9. The minimum Gasteiger partial charge on any atom is -0.462 e. The van der Waals surface area contributed by atoms with Crippen molar-refractivity contribution in [2.75, 3.05) is 19.7 Å². The average Bonchev–Trinajstić information content (AvgIpc) is 2.25. The summed E-state index contributed by atoms with van der Waals surface area (Å²) in [4.78, 5) is 11.4. The monoisotopic (exact) mass is 226 g/mol. The Hall–Kier alpha value is -1.12. The molecule has 0 aliphatic carbocycles. The molecular formula is C12H22N2O2. The third-order valence-corrected chi connectivity index (χ3v) is 2.11. The van der Waals surface area contributed by atoms with Crippen LogP contribution >= 0.6 is 0 Å². The highest BCUT2D eigenvalue weighted by Crippen LogP contribution is 2.04. The summed E-state index contributed by atoms with van der Waals surface area (Å²) in [7, 11) is 0. The van der Waals surface area contributed by atoms with E-state index in [0.29, 0.717) is 19.1 Å². The molecule has 92 valence electrons. The van der Waals surface area contributed by atoms with Gasteiger partial charge in [0.15, 0.2) is 0 Å². The first-order chi connectivity index (χ1) is 7.61. The fourth-order valence-electron chi connectivity index (χ4n) is 1.16. The van der Waals surface area contributed by atoms with Crippen molar-refractivity contribution in [3.8, 4) is 0 Å². The zero-order valence-electron chi connectivity index (χ0n) is 10.4. The molecule has 0 spiro atoms. The van der Waals surface area contributed by atoms with Crippen LogP contribution in [0.1, 0.15) is 33.6 Å². The summed E-state index contributed by atoms with van der Waals surface area (Å²) in [5.74, 6) is 2.31. The zero-order chi connectivity index (χ0) is 12.4. The predicted octanol–water partition coefficient (Wildman–Crippen LogP) is 1.75. The van der Waals surface area contributed by atoms with E-state index in [2.05, 4.69) is 25.0 Å². The summed E-state index contributed by atoms with van der Waals surface area (Å²) < 4.78 is 5.04. The lowest BCUT2D eigenvalue weighted by Gasteiger charge is -2.07. The van der Waals surface area contributed by atoms with E-state index in [9.17, 15) is 4.79 Å². The van der Waals surface area contributed by atoms with E-state index < -0.39 is 5.97 Å². The van der Waals surface area contributed by atoms with Crippen LogP contribution in [0.15, 0.2) is 5.57 Å². The summed E-state index contributed by atoms with van der Waals surface area (Å²) in [5.41, 5.74) is 0.256. The lowest BCUT2D eigenvalue weighted by atomic mass is 10.1. The maximum absolute atomic E-state index is 11.4. The van der Waals surface area contributed by atoms with Gasteiger partial charge in [0.2, 0.25) is 0 Å². The SMILES string of the molecule is CCNCC(=C=N)C(=O)OCCCC(C)C. The molecule has 0 radical (unpaired) electrons. The van der Waals surface area contributed by atoms with E-state index >= 15 is 0 Å². The molecule has 4 nitrogen and oxygen atoms in total. The second-order valence-corrected chi connectivity index (χ2v) is 4.06. The van der Waals surface area contributed by atoms with Crippen molar-refractivity contribution in [3.63, 3.8) is 0 Å². The van der Waals surface area contributed by atoms with Gasteiger partial charge in [0.05, 0.1) is 6.61 Å². The Morgan fingerprint density at radius 1 is 1.50 bits per heavy atom. The molecule has 16 heavy (non-hydrogen) atoms. The van der Waals surface area contributed by atoms with Gasteiger partial charge >= 0.3 is 5.97 Å². The van der Waals surface area contributed by atoms with Gasteiger partial charge in [-0.05, 0) is 31.2 Å². The summed E-state index contributed by atoms with van der Waals surface area (Å²) in [5, 5.41) is 9.96. The molecule has 0 heterocycles. The molecule has 0 unspecified atom stereocenters. The number of likely N-dealkylation sites (N-methyl/N-ethyl adjacent to an activating group) is 1. The second-order valence-electron chi connectivity index (χ2n) is 4.06. The minimum absolute atomic E-state index is 0.256. The van der Waals surface area contributed by atoms with Gasteiger partial charge in [0.1, 0.15) is 5.57 Å². The smallest absolute Gasteiger partial charge is 0.344 e. The molecule has 0 aliphatic rings. The highest BCUT2D eigenvalue weighted by molar-refractivity contribution is 5.97. The van der Waals surface area contributed by atoms with E-state index in [-0.39, 0.29) is 5.57 Å². The number of rotatable bonds is 8. The summed E-state index contributed by atoms with van der Waals surface area (Å²) in [6.07, 6.45) is 1.92. The van der Waals surface area contributed by atoms with E-state index in [1.807, 2.05) is 6.92 Å². The van der Waals surface area contributed by atoms with Crippen LogP contribution in [0.3, 0.4) is 0 Å². The predicted molar refractivity (Wildman–Crippen MR) is 64.8 cm³/mol. The minimum atomic E-state index is -0.431. The number of hydrogen-bond donors (Lipinski definition) is 2. The molecule has 0 atom stereocenters. The van der Waals surface area contributed by atoms with Gasteiger partial charge in [0, 0.05) is 6.54 Å². The van der Waals surface area contributed by atoms with E-state index in [1.165, 1.54) is 0 Å². The first-order valence-corrected chi connectivity index (χ1v) is 5.78. The first-order valence-electron chi connectivity index (χ1n) is 5.78. The fourth-order valence-corrected chi connectivity index (χ4v) is 1.16. The number of hydrogen-bond acceptors (Lipinski definition) is 4. The van der Waals surface area contributed by atoms with Crippen LogP contribution in [0, 0.1) is 11.3 Å². The van der Waals surface area contributed by atoms with Crippen molar-refractivity contribution in [1.29, 1.82) is 5.41 Å². The van der Waals surface area contributed by atoms with E-state index in [0.717, 1.165) is 19.4 Å². The second kappa shape index (κ2) is 9.13. The highest BCUT2D eigenvalue weighted by atomic mass is 16.5. The fraction of sp³-hybridized carbons (Fsp3) is 0.750. The molecule has 0 amide bonds. The molecule has 0 aromatic rings. The van der Waals surface area contributed by atoms with Gasteiger partial charge < -0.3 is 10.1 Å². The lowest BCUT2D eigenvalue weighted by Crippen LogP contribution is -2.22. The molecule has 0 aromatic carbocycles. The van der Waals surface area contributed by atoms with Crippen LogP contribution in [0.4, 0.5) is 0 Å². The summed E-state index contributed by atoms with van der Waals surface area (Å²) in [6, 6.07) is 0. The quantitative estimate of drug-likeness (QED) is 0.287. The Morgan fingerprint density at radius 2 is 2.19 bits per heavy atom. The summed E-state index contributed by atoms with van der Waals surface area (Å²) in [6.45, 7) is 7.74. The Kier molecular flexibility index (Phi) is 8.49. The van der Waals surface area contributed by atoms with Crippen LogP contribution in [-0.2, 0) is 9.53 Å². The molecule has 0 saturated heterocycles. The Morgan fingerprint density at radius 3 is 2.69 bits per heavy atom. The van der Waals surface area contributed by atoms with Crippen molar-refractivity contribution in [2.24, 2.45) is 5.92 Å². The van der Waals surface area contributed by atoms with E-state index in [1.54, 1.807) is 0 Å². The summed E-state index contributed by atoms with van der Waals surface area (Å²) >= 11 is 0.